The van der Waals surface area contributed by atoms with Crippen LogP contribution >= 0.6 is 11.3 Å². The van der Waals surface area contributed by atoms with Crippen LogP contribution in [0.15, 0.2) is 17.2 Å². The molecule has 0 aromatic carbocycles. The third-order valence-corrected chi connectivity index (χ3v) is 9.93. The maximum Gasteiger partial charge on any atom is 0.275 e. The topological polar surface area (TPSA) is 97.2 Å². The van der Waals surface area contributed by atoms with E-state index >= 15 is 0 Å². The minimum absolute atomic E-state index is 0.0411. The van der Waals surface area contributed by atoms with Gasteiger partial charge in [0.15, 0.2) is 5.78 Å². The van der Waals surface area contributed by atoms with Gasteiger partial charge >= 0.3 is 0 Å². The van der Waals surface area contributed by atoms with Crippen LogP contribution in [-0.2, 0) is 23.2 Å². The molecule has 1 spiro atoms. The summed E-state index contributed by atoms with van der Waals surface area (Å²) >= 11 is 1.64. The van der Waals surface area contributed by atoms with E-state index in [-0.39, 0.29) is 28.7 Å². The lowest BCUT2D eigenvalue weighted by Crippen LogP contribution is -2.46. The molecule has 5 heterocycles. The van der Waals surface area contributed by atoms with Crippen molar-refractivity contribution in [3.8, 4) is 0 Å². The summed E-state index contributed by atoms with van der Waals surface area (Å²) in [4.78, 5) is 52.6. The fourth-order valence-electron chi connectivity index (χ4n) is 6.87. The molecule has 1 N–H and O–H groups in total. The quantitative estimate of drug-likeness (QED) is 0.578. The zero-order valence-corrected chi connectivity index (χ0v) is 21.2. The number of thiophene rings is 1. The van der Waals surface area contributed by atoms with Crippen molar-refractivity contribution in [1.82, 2.24) is 19.4 Å². The number of aryl methyl sites for hydroxylation is 2. The van der Waals surface area contributed by atoms with Crippen LogP contribution in [0, 0.1) is 12.8 Å². The monoisotopic (exact) mass is 503 g/mol. The Hall–Kier alpha value is -3.07. The molecule has 0 unspecified atom stereocenters. The van der Waals surface area contributed by atoms with Gasteiger partial charge in [0.1, 0.15) is 22.7 Å². The fourth-order valence-corrected chi connectivity index (χ4v) is 8.13. The first kappa shape index (κ1) is 22.2. The average molecular weight is 504 g/mol. The molecular formula is C27H29N5O3S. The SMILES string of the molecule is Cc1cc(Nc2ncnc3sc4c(c23)CC[C@H](C(=O)N2CCC2)C4)c(=O)n2c1C(=O)CC21CCCC1. The molecule has 1 atom stereocenters. The summed E-state index contributed by atoms with van der Waals surface area (Å²) in [6.45, 7) is 3.69. The lowest BCUT2D eigenvalue weighted by atomic mass is 9.86. The molecule has 3 aromatic heterocycles. The normalized spacial score (nSPS) is 22.1. The molecule has 2 fully saturated rings. The first-order valence-electron chi connectivity index (χ1n) is 13.1. The van der Waals surface area contributed by atoms with Crippen LogP contribution in [0.5, 0.6) is 0 Å². The predicted octanol–water partition coefficient (Wildman–Crippen LogP) is 4.10. The number of Topliss-reactive ketones (excluding diaryl/α,β-unsaturated/α-hetero) is 1. The number of nitrogens with one attached hydrogen (secondary N) is 1. The molecule has 3 aromatic rings. The van der Waals surface area contributed by atoms with E-state index in [2.05, 4.69) is 15.3 Å². The number of hydrogen-bond donors (Lipinski definition) is 1. The number of carbonyl (C=O) groups excluding carboxylic acids is 2. The van der Waals surface area contributed by atoms with Crippen molar-refractivity contribution in [2.24, 2.45) is 5.92 Å². The Bertz CT molecular complexity index is 1500. The van der Waals surface area contributed by atoms with Crippen LogP contribution in [0.2, 0.25) is 0 Å². The van der Waals surface area contributed by atoms with Crippen molar-refractivity contribution in [2.45, 2.75) is 70.3 Å². The highest BCUT2D eigenvalue weighted by molar-refractivity contribution is 7.19. The van der Waals surface area contributed by atoms with Crippen LogP contribution < -0.4 is 10.9 Å². The van der Waals surface area contributed by atoms with Crippen molar-refractivity contribution in [1.29, 1.82) is 0 Å². The molecule has 7 rings (SSSR count). The van der Waals surface area contributed by atoms with Gasteiger partial charge in [-0.15, -0.1) is 11.3 Å². The second kappa shape index (κ2) is 7.96. The fraction of sp³-hybridized carbons (Fsp3) is 0.519. The molecule has 0 bridgehead atoms. The van der Waals surface area contributed by atoms with Crippen LogP contribution in [0.25, 0.3) is 10.2 Å². The van der Waals surface area contributed by atoms with Gasteiger partial charge in [-0.05, 0) is 62.6 Å². The van der Waals surface area contributed by atoms with Crippen LogP contribution in [0.4, 0.5) is 11.5 Å². The molecule has 4 aliphatic rings. The summed E-state index contributed by atoms with van der Waals surface area (Å²) in [5.74, 6) is 1.04. The van der Waals surface area contributed by atoms with E-state index in [9.17, 15) is 14.4 Å². The number of likely N-dealkylation sites (tertiary alicyclic amines) is 1. The molecule has 2 aliphatic carbocycles. The van der Waals surface area contributed by atoms with Gasteiger partial charge in [-0.1, -0.05) is 12.8 Å². The van der Waals surface area contributed by atoms with Gasteiger partial charge in [0.05, 0.1) is 16.6 Å². The minimum atomic E-state index is -0.369. The standard InChI is InChI=1S/C27H29N5O3S/c1-15-11-18(26(35)32-22(15)19(33)13-27(32)7-2-3-8-27)30-23-21-17-6-5-16(25(34)31-9-4-10-31)12-20(17)36-24(21)29-14-28-23/h11,14,16H,2-10,12-13H2,1H3,(H,28,29,30)/t16-/m0/s1. The number of anilines is 2. The lowest BCUT2D eigenvalue weighted by molar-refractivity contribution is -0.139. The van der Waals surface area contributed by atoms with Crippen molar-refractivity contribution >= 4 is 44.7 Å². The van der Waals surface area contributed by atoms with E-state index in [4.69, 9.17) is 0 Å². The first-order chi connectivity index (χ1) is 17.4. The van der Waals surface area contributed by atoms with Gasteiger partial charge in [-0.2, -0.15) is 0 Å². The second-order valence-electron chi connectivity index (χ2n) is 10.9. The van der Waals surface area contributed by atoms with E-state index in [0.717, 1.165) is 80.2 Å². The first-order valence-corrected chi connectivity index (χ1v) is 13.9. The molecule has 9 heteroatoms. The lowest BCUT2D eigenvalue weighted by Gasteiger charge is -2.35. The minimum Gasteiger partial charge on any atom is -0.342 e. The number of carbonyl (C=O) groups is 2. The van der Waals surface area contributed by atoms with Gasteiger partial charge in [0, 0.05) is 30.3 Å². The van der Waals surface area contributed by atoms with Crippen molar-refractivity contribution in [3.63, 3.8) is 0 Å². The molecule has 0 radical (unpaired) electrons. The summed E-state index contributed by atoms with van der Waals surface area (Å²) < 4.78 is 1.80. The number of rotatable bonds is 3. The zero-order chi connectivity index (χ0) is 24.6. The Morgan fingerprint density at radius 1 is 1.17 bits per heavy atom. The Labute approximate surface area is 212 Å². The molecule has 186 valence electrons. The zero-order valence-electron chi connectivity index (χ0n) is 20.4. The number of ketones is 1. The maximum atomic E-state index is 13.8. The number of fused-ring (bicyclic) bond motifs is 5. The highest BCUT2D eigenvalue weighted by Gasteiger charge is 2.46. The van der Waals surface area contributed by atoms with E-state index in [1.54, 1.807) is 22.0 Å². The van der Waals surface area contributed by atoms with Gasteiger partial charge in [0.25, 0.3) is 5.56 Å². The molecule has 2 aliphatic heterocycles. The van der Waals surface area contributed by atoms with Crippen molar-refractivity contribution < 1.29 is 9.59 Å². The number of amides is 1. The molecule has 1 amide bonds. The summed E-state index contributed by atoms with van der Waals surface area (Å²) in [7, 11) is 0. The largest absolute Gasteiger partial charge is 0.342 e. The number of nitrogens with zero attached hydrogens (tertiary/aromatic N) is 4. The Morgan fingerprint density at radius 3 is 2.72 bits per heavy atom. The van der Waals surface area contributed by atoms with Gasteiger partial charge in [-0.25, -0.2) is 9.97 Å². The van der Waals surface area contributed by atoms with Crippen molar-refractivity contribution in [2.75, 3.05) is 18.4 Å². The average Bonchev–Trinajstić information content (AvgIpc) is 3.51. The molecule has 36 heavy (non-hydrogen) atoms. The summed E-state index contributed by atoms with van der Waals surface area (Å²) in [6, 6.07) is 1.80. The van der Waals surface area contributed by atoms with Crippen molar-refractivity contribution in [3.05, 3.63) is 44.4 Å². The smallest absolute Gasteiger partial charge is 0.275 e. The number of hydrogen-bond acceptors (Lipinski definition) is 7. The Morgan fingerprint density at radius 2 is 1.97 bits per heavy atom. The predicted molar refractivity (Wildman–Crippen MR) is 138 cm³/mol. The third-order valence-electron chi connectivity index (χ3n) is 8.77. The number of pyridine rings is 1. The van der Waals surface area contributed by atoms with Gasteiger partial charge in [-0.3, -0.25) is 19.0 Å². The molecular weight excluding hydrogens is 474 g/mol. The van der Waals surface area contributed by atoms with Gasteiger partial charge < -0.3 is 10.2 Å². The molecule has 1 saturated carbocycles. The number of aromatic nitrogens is 3. The van der Waals surface area contributed by atoms with E-state index in [1.807, 2.05) is 11.8 Å². The molecule has 8 nitrogen and oxygen atoms in total. The van der Waals surface area contributed by atoms with Gasteiger partial charge in [0.2, 0.25) is 5.91 Å². The Balaban J connectivity index is 1.27. The maximum absolute atomic E-state index is 13.8. The highest BCUT2D eigenvalue weighted by Crippen LogP contribution is 2.45. The molecule has 1 saturated heterocycles. The third kappa shape index (κ3) is 3.14. The summed E-state index contributed by atoms with van der Waals surface area (Å²) in [5, 5.41) is 4.31. The van der Waals surface area contributed by atoms with E-state index < -0.39 is 0 Å². The van der Waals surface area contributed by atoms with E-state index in [1.165, 1.54) is 16.8 Å². The van der Waals surface area contributed by atoms with Crippen LogP contribution in [0.1, 0.15) is 71.4 Å². The second-order valence-corrected chi connectivity index (χ2v) is 12.0. The highest BCUT2D eigenvalue weighted by atomic mass is 32.1. The van der Waals surface area contributed by atoms with Crippen LogP contribution in [-0.4, -0.2) is 44.2 Å². The summed E-state index contributed by atoms with van der Waals surface area (Å²) in [5.41, 5.74) is 2.55. The van der Waals surface area contributed by atoms with E-state index in [0.29, 0.717) is 23.6 Å². The van der Waals surface area contributed by atoms with Crippen LogP contribution in [0.3, 0.4) is 0 Å². The Kier molecular flexibility index (Phi) is 4.90. The summed E-state index contributed by atoms with van der Waals surface area (Å²) in [6.07, 6.45) is 9.30.